The summed E-state index contributed by atoms with van der Waals surface area (Å²) in [5, 5.41) is 6.86. The van der Waals surface area contributed by atoms with Gasteiger partial charge in [-0.15, -0.1) is 0 Å². The second-order valence-corrected chi connectivity index (χ2v) is 15.2. The minimum absolute atomic E-state index is 0.584. The molecule has 0 aliphatic rings. The van der Waals surface area contributed by atoms with Crippen LogP contribution >= 0.6 is 0 Å². The quantitative estimate of drug-likeness (QED) is 0.169. The number of para-hydroxylation sites is 3. The highest BCUT2D eigenvalue weighted by atomic mass is 16.3. The molecule has 3 heterocycles. The molecule has 12 aromatic rings. The zero-order chi connectivity index (χ0) is 39.6. The van der Waals surface area contributed by atoms with Gasteiger partial charge in [0, 0.05) is 43.9 Å². The monoisotopic (exact) mass is 766 g/mol. The van der Waals surface area contributed by atoms with Gasteiger partial charge in [0.2, 0.25) is 0 Å². The zero-order valence-electron chi connectivity index (χ0n) is 32.3. The molecule has 0 atom stereocenters. The fourth-order valence-corrected chi connectivity index (χ4v) is 8.94. The predicted octanol–water partition coefficient (Wildman–Crippen LogP) is 14.4. The van der Waals surface area contributed by atoms with Gasteiger partial charge in [-0.2, -0.15) is 0 Å². The molecular weight excluding hydrogens is 733 g/mol. The van der Waals surface area contributed by atoms with E-state index in [2.05, 4.69) is 180 Å². The zero-order valence-corrected chi connectivity index (χ0v) is 32.3. The highest BCUT2D eigenvalue weighted by molar-refractivity contribution is 6.12. The Morgan fingerprint density at radius 1 is 0.333 bits per heavy atom. The third kappa shape index (κ3) is 5.52. The Morgan fingerprint density at radius 2 is 0.867 bits per heavy atom. The van der Waals surface area contributed by atoms with Crippen molar-refractivity contribution in [1.29, 1.82) is 0 Å². The van der Waals surface area contributed by atoms with E-state index >= 15 is 0 Å². The first-order valence-corrected chi connectivity index (χ1v) is 20.2. The van der Waals surface area contributed by atoms with Crippen molar-refractivity contribution in [2.75, 3.05) is 0 Å². The van der Waals surface area contributed by atoms with Crippen molar-refractivity contribution in [2.24, 2.45) is 0 Å². The van der Waals surface area contributed by atoms with Crippen LogP contribution < -0.4 is 0 Å². The lowest BCUT2D eigenvalue weighted by molar-refractivity contribution is 0.669. The van der Waals surface area contributed by atoms with Gasteiger partial charge in [-0.1, -0.05) is 152 Å². The maximum absolute atomic E-state index is 6.32. The number of nitrogens with zero attached hydrogens (tertiary/aromatic N) is 4. The number of rotatable bonds is 6. The summed E-state index contributed by atoms with van der Waals surface area (Å²) in [5.41, 5.74) is 12.3. The average Bonchev–Trinajstić information content (AvgIpc) is 3.88. The van der Waals surface area contributed by atoms with Crippen LogP contribution in [0.5, 0.6) is 0 Å². The molecule has 5 heteroatoms. The molecule has 0 spiro atoms. The lowest BCUT2D eigenvalue weighted by Crippen LogP contribution is -2.01. The molecule has 0 amide bonds. The maximum atomic E-state index is 6.32. The highest BCUT2D eigenvalue weighted by Crippen LogP contribution is 2.40. The summed E-state index contributed by atoms with van der Waals surface area (Å²) in [6, 6.07) is 72.2. The Bertz CT molecular complexity index is 3540. The Kier molecular flexibility index (Phi) is 7.78. The molecule has 0 saturated carbocycles. The number of benzene rings is 9. The van der Waals surface area contributed by atoms with Crippen LogP contribution in [0.4, 0.5) is 0 Å². The first-order chi connectivity index (χ1) is 29.7. The molecule has 0 N–H and O–H groups in total. The molecule has 0 fully saturated rings. The molecule has 0 bridgehead atoms. The van der Waals surface area contributed by atoms with Crippen LogP contribution in [0.1, 0.15) is 0 Å². The summed E-state index contributed by atoms with van der Waals surface area (Å²) in [4.78, 5) is 15.7. The maximum Gasteiger partial charge on any atom is 0.164 e. The van der Waals surface area contributed by atoms with E-state index in [9.17, 15) is 0 Å². The van der Waals surface area contributed by atoms with Crippen LogP contribution in [0.2, 0.25) is 0 Å². The van der Waals surface area contributed by atoms with E-state index in [-0.39, 0.29) is 0 Å². The number of fused-ring (bicyclic) bond motifs is 7. The first kappa shape index (κ1) is 33.9. The molecule has 9 aromatic carbocycles. The van der Waals surface area contributed by atoms with Crippen LogP contribution in [-0.4, -0.2) is 19.5 Å². The molecule has 0 unspecified atom stereocenters. The third-order valence-electron chi connectivity index (χ3n) is 11.7. The van der Waals surface area contributed by atoms with Crippen molar-refractivity contribution in [3.05, 3.63) is 206 Å². The lowest BCUT2D eigenvalue weighted by Gasteiger charge is -2.14. The van der Waals surface area contributed by atoms with Crippen LogP contribution in [-0.2, 0) is 0 Å². The molecule has 60 heavy (non-hydrogen) atoms. The largest absolute Gasteiger partial charge is 0.456 e. The van der Waals surface area contributed by atoms with Crippen molar-refractivity contribution >= 4 is 54.5 Å². The summed E-state index contributed by atoms with van der Waals surface area (Å²) in [6.45, 7) is 0. The van der Waals surface area contributed by atoms with Gasteiger partial charge in [0.25, 0.3) is 0 Å². The fraction of sp³-hybridized carbons (Fsp3) is 0. The summed E-state index contributed by atoms with van der Waals surface area (Å²) in [5.74, 6) is 1.77. The van der Waals surface area contributed by atoms with E-state index in [0.717, 1.165) is 55.4 Å². The Morgan fingerprint density at radius 3 is 1.62 bits per heavy atom. The smallest absolute Gasteiger partial charge is 0.164 e. The van der Waals surface area contributed by atoms with Crippen molar-refractivity contribution < 1.29 is 4.42 Å². The van der Waals surface area contributed by atoms with Gasteiger partial charge in [0.05, 0.1) is 11.0 Å². The van der Waals surface area contributed by atoms with Crippen LogP contribution in [0.15, 0.2) is 211 Å². The van der Waals surface area contributed by atoms with Gasteiger partial charge in [0.15, 0.2) is 17.5 Å². The molecule has 0 saturated heterocycles. The first-order valence-electron chi connectivity index (χ1n) is 20.2. The number of aromatic nitrogens is 4. The molecule has 0 aliphatic heterocycles. The third-order valence-corrected chi connectivity index (χ3v) is 11.7. The van der Waals surface area contributed by atoms with Gasteiger partial charge < -0.3 is 8.98 Å². The second kappa shape index (κ2) is 13.8. The second-order valence-electron chi connectivity index (χ2n) is 15.2. The van der Waals surface area contributed by atoms with Gasteiger partial charge in [-0.3, -0.25) is 0 Å². The van der Waals surface area contributed by atoms with E-state index in [4.69, 9.17) is 19.4 Å². The number of furan rings is 1. The Balaban J connectivity index is 1.04. The Labute approximate surface area is 345 Å². The van der Waals surface area contributed by atoms with Gasteiger partial charge in [-0.05, 0) is 87.6 Å². The van der Waals surface area contributed by atoms with E-state index < -0.39 is 0 Å². The summed E-state index contributed by atoms with van der Waals surface area (Å²) in [7, 11) is 0. The van der Waals surface area contributed by atoms with Gasteiger partial charge >= 0.3 is 0 Å². The summed E-state index contributed by atoms with van der Waals surface area (Å²) >= 11 is 0. The molecule has 3 aromatic heterocycles. The molecular formula is C55H34N4O. The molecule has 0 radical (unpaired) electrons. The van der Waals surface area contributed by atoms with Crippen molar-refractivity contribution in [1.82, 2.24) is 19.5 Å². The predicted molar refractivity (Wildman–Crippen MR) is 246 cm³/mol. The standard InChI is InChI=1S/C55H34N4O/c1-2-14-35(15-3-1)41-23-11-16-36-17-12-24-42(51(36)41)38-18-10-19-39(34-38)54-56-53(57-55(58-54)46-25-13-29-50-52(46)45-22-6-9-28-49(45)60-50)37-30-32-40(33-31-37)59-47-26-7-4-20-43(47)44-21-5-8-27-48(44)59/h1-34H. The van der Waals surface area contributed by atoms with E-state index in [1.807, 2.05) is 30.3 Å². The molecule has 12 rings (SSSR count). The summed E-state index contributed by atoms with van der Waals surface area (Å²) < 4.78 is 8.65. The van der Waals surface area contributed by atoms with Gasteiger partial charge in [0.1, 0.15) is 11.2 Å². The number of hydrogen-bond donors (Lipinski definition) is 0. The van der Waals surface area contributed by atoms with Crippen LogP contribution in [0.3, 0.4) is 0 Å². The molecule has 0 aliphatic carbocycles. The molecule has 280 valence electrons. The van der Waals surface area contributed by atoms with Crippen molar-refractivity contribution in [3.63, 3.8) is 0 Å². The minimum atomic E-state index is 0.584. The fourth-order valence-electron chi connectivity index (χ4n) is 8.94. The van der Waals surface area contributed by atoms with E-state index in [1.54, 1.807) is 0 Å². The van der Waals surface area contributed by atoms with Gasteiger partial charge in [-0.25, -0.2) is 15.0 Å². The normalized spacial score (nSPS) is 11.7. The van der Waals surface area contributed by atoms with E-state index in [1.165, 1.54) is 43.7 Å². The van der Waals surface area contributed by atoms with Crippen molar-refractivity contribution in [3.8, 4) is 62.1 Å². The molecule has 5 nitrogen and oxygen atoms in total. The minimum Gasteiger partial charge on any atom is -0.456 e. The van der Waals surface area contributed by atoms with Crippen LogP contribution in [0, 0.1) is 0 Å². The van der Waals surface area contributed by atoms with Crippen molar-refractivity contribution in [2.45, 2.75) is 0 Å². The van der Waals surface area contributed by atoms with Crippen LogP contribution in [0.25, 0.3) is 117 Å². The Hall–Kier alpha value is -8.15. The average molecular weight is 767 g/mol. The van der Waals surface area contributed by atoms with E-state index in [0.29, 0.717) is 17.5 Å². The number of hydrogen-bond acceptors (Lipinski definition) is 4. The summed E-state index contributed by atoms with van der Waals surface area (Å²) in [6.07, 6.45) is 0. The lowest BCUT2D eigenvalue weighted by atomic mass is 9.91. The SMILES string of the molecule is c1ccc(-c2cccc3cccc(-c4cccc(-c5nc(-c6ccc(-n7c8ccccc8c8ccccc87)cc6)nc(-c6cccc7oc8ccccc8c67)n5)c4)c23)cc1. The topological polar surface area (TPSA) is 56.7 Å². The highest BCUT2D eigenvalue weighted by Gasteiger charge is 2.19.